The monoisotopic (exact) mass is 813 g/mol. The summed E-state index contributed by atoms with van der Waals surface area (Å²) in [4.78, 5) is 0. The number of rotatable bonds is 0. The van der Waals surface area contributed by atoms with E-state index in [1.54, 1.807) is 0 Å². The van der Waals surface area contributed by atoms with Gasteiger partial charge in [0.25, 0.3) is 0 Å². The van der Waals surface area contributed by atoms with Crippen molar-refractivity contribution in [2.24, 2.45) is 0 Å². The largest absolute Gasteiger partial charge is 0.184 e. The summed E-state index contributed by atoms with van der Waals surface area (Å²) in [5.74, 6) is 0. The normalized spacial score (nSPS) is 8.13. The summed E-state index contributed by atoms with van der Waals surface area (Å²) in [7, 11) is 0. The van der Waals surface area contributed by atoms with Crippen LogP contribution in [0.5, 0.6) is 0 Å². The van der Waals surface area contributed by atoms with E-state index in [1.807, 2.05) is 127 Å². The summed E-state index contributed by atoms with van der Waals surface area (Å²) >= 11 is 0. The van der Waals surface area contributed by atoms with Crippen LogP contribution in [0, 0.1) is 77.9 Å². The van der Waals surface area contributed by atoms with E-state index < -0.39 is 0 Å². The van der Waals surface area contributed by atoms with E-state index in [2.05, 4.69) is 96.1 Å². The fraction of sp³-hybridized carbons (Fsp3) is 0.143. The molecular weight excluding hydrogens is 771 g/mol. The van der Waals surface area contributed by atoms with Crippen LogP contribution >= 0.6 is 0 Å². The van der Waals surface area contributed by atoms with Crippen molar-refractivity contribution in [3.8, 4) is 0 Å². The third-order valence-electron chi connectivity index (χ3n) is 5.24. The van der Waals surface area contributed by atoms with Gasteiger partial charge in [0.05, 0.1) is 0 Å². The summed E-state index contributed by atoms with van der Waals surface area (Å²) in [6.07, 6.45) is 0. The van der Waals surface area contributed by atoms with Crippen LogP contribution in [0.25, 0.3) is 0 Å². The van der Waals surface area contributed by atoms with E-state index in [1.165, 1.54) is 33.4 Å². The second kappa shape index (κ2) is 34.0. The minimum Gasteiger partial charge on any atom is -0.184 e. The Bertz CT molecular complexity index is 1090. The standard InChI is InChI=1S/6C7H7.3Y/c6*1-7-5-3-2-4-6-7;;;/h3*3-6H,1H3;3*2-3,5-6H,1H3;;;/q6*-1;;;. The van der Waals surface area contributed by atoms with E-state index >= 15 is 0 Å². The summed E-state index contributed by atoms with van der Waals surface area (Å²) in [6, 6.07) is 65.0. The van der Waals surface area contributed by atoms with Crippen molar-refractivity contribution in [2.45, 2.75) is 41.5 Å². The third-order valence-corrected chi connectivity index (χ3v) is 5.24. The molecule has 3 heteroatoms. The van der Waals surface area contributed by atoms with Crippen molar-refractivity contribution >= 4 is 0 Å². The molecule has 0 spiro atoms. The van der Waals surface area contributed by atoms with Crippen molar-refractivity contribution < 1.29 is 98.1 Å². The van der Waals surface area contributed by atoms with Crippen molar-refractivity contribution in [3.63, 3.8) is 0 Å². The van der Waals surface area contributed by atoms with Crippen molar-refractivity contribution in [3.05, 3.63) is 215 Å². The van der Waals surface area contributed by atoms with E-state index in [0.29, 0.717) is 0 Å². The molecule has 0 aliphatic heterocycles. The molecule has 225 valence electrons. The average molecular weight is 814 g/mol. The molecule has 0 unspecified atom stereocenters. The Morgan fingerprint density at radius 1 is 0.267 bits per heavy atom. The van der Waals surface area contributed by atoms with Gasteiger partial charge in [0, 0.05) is 98.1 Å². The van der Waals surface area contributed by atoms with Gasteiger partial charge in [0.2, 0.25) is 0 Å². The van der Waals surface area contributed by atoms with E-state index in [9.17, 15) is 0 Å². The molecule has 6 aromatic carbocycles. The predicted molar refractivity (Wildman–Crippen MR) is 180 cm³/mol. The van der Waals surface area contributed by atoms with Crippen LogP contribution in [0.2, 0.25) is 0 Å². The molecule has 0 atom stereocenters. The average Bonchev–Trinajstić information content (AvgIpc) is 3.01. The molecule has 0 N–H and O–H groups in total. The molecule has 6 rings (SSSR count). The summed E-state index contributed by atoms with van der Waals surface area (Å²) in [5, 5.41) is 0. The Balaban J connectivity index is -0.000000464. The molecule has 0 fully saturated rings. The van der Waals surface area contributed by atoms with Crippen LogP contribution in [0.4, 0.5) is 0 Å². The molecule has 0 bridgehead atoms. The van der Waals surface area contributed by atoms with Crippen molar-refractivity contribution in [1.29, 1.82) is 0 Å². The van der Waals surface area contributed by atoms with Gasteiger partial charge in [-0.05, 0) is 0 Å². The minimum absolute atomic E-state index is 0. The van der Waals surface area contributed by atoms with E-state index in [0.717, 1.165) is 0 Å². The van der Waals surface area contributed by atoms with Crippen LogP contribution in [0.3, 0.4) is 0 Å². The first-order valence-corrected chi connectivity index (χ1v) is 13.9. The van der Waals surface area contributed by atoms with E-state index in [-0.39, 0.29) is 98.1 Å². The van der Waals surface area contributed by atoms with Gasteiger partial charge in [-0.25, -0.2) is 0 Å². The zero-order valence-corrected chi connectivity index (χ0v) is 36.1. The minimum atomic E-state index is 0. The first kappa shape index (κ1) is 48.0. The fourth-order valence-corrected chi connectivity index (χ4v) is 2.86. The van der Waals surface area contributed by atoms with Gasteiger partial charge in [-0.1, -0.05) is 41.5 Å². The van der Waals surface area contributed by atoms with Crippen molar-refractivity contribution in [1.82, 2.24) is 0 Å². The molecule has 3 radical (unpaired) electrons. The molecule has 0 heterocycles. The van der Waals surface area contributed by atoms with Crippen LogP contribution in [-0.2, 0) is 98.1 Å². The Morgan fingerprint density at radius 2 is 0.489 bits per heavy atom. The van der Waals surface area contributed by atoms with E-state index in [4.69, 9.17) is 0 Å². The Hall–Kier alpha value is -1.37. The van der Waals surface area contributed by atoms with Gasteiger partial charge in [-0.15, -0.1) is 0 Å². The maximum atomic E-state index is 2.96. The van der Waals surface area contributed by atoms with Crippen LogP contribution in [0.1, 0.15) is 33.4 Å². The fourth-order valence-electron chi connectivity index (χ4n) is 2.86. The maximum absolute atomic E-state index is 2.96. The predicted octanol–water partition coefficient (Wildman–Crippen LogP) is 10.8. The second-order valence-corrected chi connectivity index (χ2v) is 9.47. The molecule has 0 amide bonds. The van der Waals surface area contributed by atoms with Gasteiger partial charge in [-0.2, -0.15) is 215 Å². The summed E-state index contributed by atoms with van der Waals surface area (Å²) in [5.41, 5.74) is 7.67. The summed E-state index contributed by atoms with van der Waals surface area (Å²) < 4.78 is 0. The van der Waals surface area contributed by atoms with Gasteiger partial charge in [0.1, 0.15) is 0 Å². The molecule has 0 aliphatic rings. The number of hydrogen-bond donors (Lipinski definition) is 0. The topological polar surface area (TPSA) is 0 Å². The summed E-state index contributed by atoms with van der Waals surface area (Å²) in [6.45, 7) is 12.3. The van der Waals surface area contributed by atoms with Crippen LogP contribution < -0.4 is 0 Å². The first-order chi connectivity index (χ1) is 20.4. The van der Waals surface area contributed by atoms with Gasteiger partial charge in [-0.3, -0.25) is 0 Å². The first-order valence-electron chi connectivity index (χ1n) is 13.9. The zero-order valence-electron chi connectivity index (χ0n) is 27.6. The molecule has 45 heavy (non-hydrogen) atoms. The molecular formula is C42H42Y3-6. The second-order valence-electron chi connectivity index (χ2n) is 9.47. The van der Waals surface area contributed by atoms with Crippen LogP contribution in [0.15, 0.2) is 146 Å². The molecule has 0 nitrogen and oxygen atoms in total. The van der Waals surface area contributed by atoms with Crippen LogP contribution in [-0.4, -0.2) is 0 Å². The maximum Gasteiger partial charge on any atom is 0 e. The number of aryl methyl sites for hydroxylation is 6. The molecule has 0 saturated heterocycles. The molecule has 0 aromatic heterocycles. The molecule has 6 aromatic rings. The smallest absolute Gasteiger partial charge is 0 e. The van der Waals surface area contributed by atoms with Crippen molar-refractivity contribution in [2.75, 3.05) is 0 Å². The molecule has 0 aliphatic carbocycles. The Labute approximate surface area is 350 Å². The SMILES string of the molecule is Cc1c[c-]ccc1.Cc1c[c-]ccc1.Cc1c[c-]ccc1.Cc1cc[c-]cc1.Cc1cc[c-]cc1.Cc1cc[c-]cc1.[Y].[Y].[Y]. The quantitative estimate of drug-likeness (QED) is 0.134. The van der Waals surface area contributed by atoms with Gasteiger partial charge < -0.3 is 0 Å². The number of benzene rings is 6. The Kier molecular flexibility index (Phi) is 36.3. The third kappa shape index (κ3) is 32.4. The Morgan fingerprint density at radius 3 is 0.578 bits per heavy atom. The van der Waals surface area contributed by atoms with Gasteiger partial charge >= 0.3 is 0 Å². The number of hydrogen-bond acceptors (Lipinski definition) is 0. The van der Waals surface area contributed by atoms with Gasteiger partial charge in [0.15, 0.2) is 0 Å². The molecule has 0 saturated carbocycles. The zero-order chi connectivity index (χ0) is 30.7.